The Morgan fingerprint density at radius 3 is 3.00 bits per heavy atom. The van der Waals surface area contributed by atoms with Crippen molar-refractivity contribution < 1.29 is 14.3 Å². The van der Waals surface area contributed by atoms with Gasteiger partial charge in [-0.2, -0.15) is 4.99 Å². The van der Waals surface area contributed by atoms with Gasteiger partial charge in [0.1, 0.15) is 13.0 Å². The molecule has 0 aromatic heterocycles. The largest absolute Gasteiger partial charge is 0.460 e. The minimum Gasteiger partial charge on any atom is -0.460 e. The average Bonchev–Trinajstić information content (AvgIpc) is 1.99. The molecular weight excluding hydrogens is 160 g/mol. The van der Waals surface area contributed by atoms with Crippen LogP contribution in [0.1, 0.15) is 6.42 Å². The summed E-state index contributed by atoms with van der Waals surface area (Å²) in [7, 11) is 0. The molecule has 0 aliphatic carbocycles. The van der Waals surface area contributed by atoms with Gasteiger partial charge >= 0.3 is 0 Å². The zero-order valence-electron chi connectivity index (χ0n) is 6.37. The fraction of sp³-hybridized carbons (Fsp3) is 0.286. The highest BCUT2D eigenvalue weighted by atomic mass is 16.5. The molecule has 0 saturated carbocycles. The van der Waals surface area contributed by atoms with Crippen LogP contribution in [0.2, 0.25) is 0 Å². The highest BCUT2D eigenvalue weighted by molar-refractivity contribution is 6.11. The Hall–Kier alpha value is -1.65. The van der Waals surface area contributed by atoms with Crippen LogP contribution in [0.25, 0.3) is 0 Å². The van der Waals surface area contributed by atoms with Gasteiger partial charge in [0, 0.05) is 0 Å². The molecule has 0 atom stereocenters. The fourth-order valence-corrected chi connectivity index (χ4v) is 0.688. The first kappa shape index (κ1) is 8.45. The predicted molar refractivity (Wildman–Crippen MR) is 41.4 cm³/mol. The smallest absolute Gasteiger partial charge is 0.299 e. The molecule has 1 aliphatic heterocycles. The Morgan fingerprint density at radius 2 is 2.42 bits per heavy atom. The molecule has 0 bridgehead atoms. The van der Waals surface area contributed by atoms with Crippen molar-refractivity contribution in [3.05, 3.63) is 12.7 Å². The van der Waals surface area contributed by atoms with Gasteiger partial charge in [-0.3, -0.25) is 14.9 Å². The average molecular weight is 168 g/mol. The van der Waals surface area contributed by atoms with Gasteiger partial charge in [-0.05, 0) is 0 Å². The quantitative estimate of drug-likeness (QED) is 0.450. The van der Waals surface area contributed by atoms with E-state index in [9.17, 15) is 9.59 Å². The second-order valence-electron chi connectivity index (χ2n) is 2.14. The molecule has 64 valence electrons. The lowest BCUT2D eigenvalue weighted by Gasteiger charge is -2.11. The molecule has 0 aromatic rings. The summed E-state index contributed by atoms with van der Waals surface area (Å²) in [5.41, 5.74) is 0. The van der Waals surface area contributed by atoms with Crippen molar-refractivity contribution in [3.8, 4) is 0 Å². The molecule has 0 spiro atoms. The number of carbonyl (C=O) groups excluding carboxylic acids is 2. The third-order valence-corrected chi connectivity index (χ3v) is 1.12. The highest BCUT2D eigenvalue weighted by Gasteiger charge is 2.18. The molecule has 2 amide bonds. The first-order valence-corrected chi connectivity index (χ1v) is 3.37. The number of amides is 2. The van der Waals surface area contributed by atoms with Crippen LogP contribution in [0.5, 0.6) is 0 Å². The Bertz CT molecular complexity index is 257. The molecule has 0 radical (unpaired) electrons. The van der Waals surface area contributed by atoms with E-state index >= 15 is 0 Å². The van der Waals surface area contributed by atoms with Gasteiger partial charge in [0.05, 0.1) is 0 Å². The van der Waals surface area contributed by atoms with Crippen LogP contribution in [0.3, 0.4) is 0 Å². The van der Waals surface area contributed by atoms with Crippen LogP contribution in [0.15, 0.2) is 17.6 Å². The molecule has 0 unspecified atom stereocenters. The number of amidine groups is 1. The lowest BCUT2D eigenvalue weighted by atomic mass is 10.3. The molecule has 1 aliphatic rings. The molecule has 0 aromatic carbocycles. The van der Waals surface area contributed by atoms with Crippen LogP contribution in [0, 0.1) is 0 Å². The zero-order chi connectivity index (χ0) is 8.97. The minimum atomic E-state index is -0.488. The molecular formula is C7H8N2O3. The summed E-state index contributed by atoms with van der Waals surface area (Å²) in [6.45, 7) is 3.62. The fourth-order valence-electron chi connectivity index (χ4n) is 0.688. The van der Waals surface area contributed by atoms with Crippen LogP contribution in [0.4, 0.5) is 0 Å². The van der Waals surface area contributed by atoms with Gasteiger partial charge in [0.15, 0.2) is 0 Å². The van der Waals surface area contributed by atoms with Gasteiger partial charge in [-0.1, -0.05) is 12.7 Å². The monoisotopic (exact) mass is 168 g/mol. The van der Waals surface area contributed by atoms with Crippen molar-refractivity contribution >= 4 is 17.8 Å². The first-order chi connectivity index (χ1) is 5.72. The molecule has 5 nitrogen and oxygen atoms in total. The molecule has 0 fully saturated rings. The van der Waals surface area contributed by atoms with Crippen LogP contribution < -0.4 is 5.32 Å². The maximum atomic E-state index is 10.7. The molecule has 0 saturated heterocycles. The van der Waals surface area contributed by atoms with Crippen LogP contribution in [-0.2, 0) is 14.3 Å². The third kappa shape index (κ3) is 2.19. The van der Waals surface area contributed by atoms with E-state index in [1.807, 2.05) is 0 Å². The van der Waals surface area contributed by atoms with Crippen molar-refractivity contribution in [2.45, 2.75) is 6.42 Å². The molecule has 12 heavy (non-hydrogen) atoms. The minimum absolute atomic E-state index is 0.0452. The Labute approximate surface area is 69.1 Å². The summed E-state index contributed by atoms with van der Waals surface area (Å²) < 4.78 is 4.85. The molecule has 1 heterocycles. The summed E-state index contributed by atoms with van der Waals surface area (Å²) in [4.78, 5) is 24.9. The van der Waals surface area contributed by atoms with Gasteiger partial charge in [0.2, 0.25) is 5.91 Å². The van der Waals surface area contributed by atoms with Gasteiger partial charge in [-0.15, -0.1) is 0 Å². The number of hydrogen-bond acceptors (Lipinski definition) is 3. The van der Waals surface area contributed by atoms with E-state index in [1.54, 1.807) is 0 Å². The summed E-state index contributed by atoms with van der Waals surface area (Å²) in [6.07, 6.45) is 1.29. The van der Waals surface area contributed by atoms with Gasteiger partial charge in [-0.25, -0.2) is 0 Å². The van der Waals surface area contributed by atoms with E-state index in [2.05, 4.69) is 16.9 Å². The number of carbonyl (C=O) groups is 2. The van der Waals surface area contributed by atoms with Gasteiger partial charge in [0.25, 0.3) is 11.9 Å². The number of hydrogen-bond donors (Lipinski definition) is 1. The van der Waals surface area contributed by atoms with E-state index < -0.39 is 11.8 Å². The van der Waals surface area contributed by atoms with Crippen LogP contribution in [-0.4, -0.2) is 24.4 Å². The highest BCUT2D eigenvalue weighted by Crippen LogP contribution is 1.94. The van der Waals surface area contributed by atoms with E-state index in [0.717, 1.165) is 0 Å². The Kier molecular flexibility index (Phi) is 2.57. The SMILES string of the molecule is C=CCOC1=NC(=O)CC(=O)N1. The first-order valence-electron chi connectivity index (χ1n) is 3.37. The maximum Gasteiger partial charge on any atom is 0.299 e. The predicted octanol–water partition coefficient (Wildman–Crippen LogP) is -0.409. The van der Waals surface area contributed by atoms with E-state index in [1.165, 1.54) is 6.08 Å². The molecule has 1 rings (SSSR count). The number of rotatable bonds is 2. The molecule has 5 heteroatoms. The summed E-state index contributed by atoms with van der Waals surface area (Å²) >= 11 is 0. The normalized spacial score (nSPS) is 16.5. The van der Waals surface area contributed by atoms with Crippen molar-refractivity contribution in [1.82, 2.24) is 5.32 Å². The Balaban J connectivity index is 2.57. The maximum absolute atomic E-state index is 10.7. The van der Waals surface area contributed by atoms with Crippen molar-refractivity contribution in [2.75, 3.05) is 6.61 Å². The van der Waals surface area contributed by atoms with Crippen molar-refractivity contribution in [1.29, 1.82) is 0 Å². The van der Waals surface area contributed by atoms with Gasteiger partial charge < -0.3 is 4.74 Å². The summed E-state index contributed by atoms with van der Waals surface area (Å²) in [6, 6.07) is -0.0452. The summed E-state index contributed by atoms with van der Waals surface area (Å²) in [5, 5.41) is 2.30. The third-order valence-electron chi connectivity index (χ3n) is 1.12. The lowest BCUT2D eigenvalue weighted by molar-refractivity contribution is -0.127. The van der Waals surface area contributed by atoms with E-state index in [-0.39, 0.29) is 19.0 Å². The topological polar surface area (TPSA) is 67.8 Å². The Morgan fingerprint density at radius 1 is 1.67 bits per heavy atom. The van der Waals surface area contributed by atoms with Crippen molar-refractivity contribution in [2.24, 2.45) is 4.99 Å². The number of ether oxygens (including phenoxy) is 1. The number of nitrogens with one attached hydrogen (secondary N) is 1. The zero-order valence-corrected chi connectivity index (χ0v) is 6.37. The number of aliphatic imine (C=N–C) groups is 1. The van der Waals surface area contributed by atoms with Crippen LogP contribution >= 0.6 is 0 Å². The second kappa shape index (κ2) is 3.66. The standard InChI is InChI=1S/C7H8N2O3/c1-2-3-12-7-8-5(10)4-6(11)9-7/h2H,1,3-4H2,(H,8,9,10,11). The molecule has 1 N–H and O–H groups in total. The van der Waals surface area contributed by atoms with Crippen molar-refractivity contribution in [3.63, 3.8) is 0 Å². The summed E-state index contributed by atoms with van der Waals surface area (Å²) in [5.74, 6) is -0.883. The second-order valence-corrected chi connectivity index (χ2v) is 2.14. The number of nitrogens with zero attached hydrogens (tertiary/aromatic N) is 1. The van der Waals surface area contributed by atoms with E-state index in [0.29, 0.717) is 0 Å². The van der Waals surface area contributed by atoms with E-state index in [4.69, 9.17) is 4.74 Å². The lowest BCUT2D eigenvalue weighted by Crippen LogP contribution is -2.38.